The van der Waals surface area contributed by atoms with Crippen molar-refractivity contribution in [1.82, 2.24) is 0 Å². The van der Waals surface area contributed by atoms with E-state index >= 15 is 0 Å². The Labute approximate surface area is 114 Å². The van der Waals surface area contributed by atoms with Gasteiger partial charge in [0.2, 0.25) is 0 Å². The van der Waals surface area contributed by atoms with Crippen LogP contribution in [0.2, 0.25) is 0 Å². The summed E-state index contributed by atoms with van der Waals surface area (Å²) in [5.74, 6) is 0. The molecule has 1 atom stereocenters. The summed E-state index contributed by atoms with van der Waals surface area (Å²) in [5, 5.41) is 0. The molecule has 1 aliphatic heterocycles. The zero-order valence-electron chi connectivity index (χ0n) is 11.1. The molecule has 2 N–H and O–H groups in total. The van der Waals surface area contributed by atoms with Crippen LogP contribution in [0.5, 0.6) is 0 Å². The largest absolute Gasteiger partial charge is 0.367 e. The van der Waals surface area contributed by atoms with Crippen molar-refractivity contribution in [2.45, 2.75) is 18.9 Å². The minimum Gasteiger partial charge on any atom is -0.367 e. The standard InChI is InChI=1S/C17H20N2/c18-13-17-7-4-12-19(17)16-10-8-15(9-11-16)14-5-2-1-3-6-14/h1-3,5-6,8-11,17H,4,7,12-13,18H2. The van der Waals surface area contributed by atoms with Crippen molar-refractivity contribution in [2.24, 2.45) is 5.73 Å². The Balaban J connectivity index is 1.83. The van der Waals surface area contributed by atoms with E-state index < -0.39 is 0 Å². The SMILES string of the molecule is NCC1CCCN1c1ccc(-c2ccccc2)cc1. The molecule has 2 heteroatoms. The number of nitrogens with two attached hydrogens (primary N) is 1. The Morgan fingerprint density at radius 1 is 0.947 bits per heavy atom. The number of nitrogens with zero attached hydrogens (tertiary/aromatic N) is 1. The van der Waals surface area contributed by atoms with Gasteiger partial charge >= 0.3 is 0 Å². The first-order valence-corrected chi connectivity index (χ1v) is 7.00. The summed E-state index contributed by atoms with van der Waals surface area (Å²) in [6.07, 6.45) is 2.47. The van der Waals surface area contributed by atoms with Crippen LogP contribution in [0.3, 0.4) is 0 Å². The number of benzene rings is 2. The summed E-state index contributed by atoms with van der Waals surface area (Å²) < 4.78 is 0. The van der Waals surface area contributed by atoms with Crippen molar-refractivity contribution in [2.75, 3.05) is 18.0 Å². The summed E-state index contributed by atoms with van der Waals surface area (Å²) >= 11 is 0. The highest BCUT2D eigenvalue weighted by Crippen LogP contribution is 2.27. The van der Waals surface area contributed by atoms with E-state index in [9.17, 15) is 0 Å². The number of anilines is 1. The van der Waals surface area contributed by atoms with Crippen molar-refractivity contribution in [3.63, 3.8) is 0 Å². The maximum Gasteiger partial charge on any atom is 0.0412 e. The predicted octanol–water partition coefficient (Wildman–Crippen LogP) is 3.28. The lowest BCUT2D eigenvalue weighted by Gasteiger charge is -2.25. The first kappa shape index (κ1) is 12.2. The van der Waals surface area contributed by atoms with Gasteiger partial charge in [0.25, 0.3) is 0 Å². The maximum absolute atomic E-state index is 5.84. The topological polar surface area (TPSA) is 29.3 Å². The number of hydrogen-bond acceptors (Lipinski definition) is 2. The van der Waals surface area contributed by atoms with E-state index in [1.807, 2.05) is 6.07 Å². The first-order valence-electron chi connectivity index (χ1n) is 7.00. The molecule has 0 spiro atoms. The normalized spacial score (nSPS) is 18.8. The fourth-order valence-electron chi connectivity index (χ4n) is 2.90. The molecule has 19 heavy (non-hydrogen) atoms. The summed E-state index contributed by atoms with van der Waals surface area (Å²) in [6.45, 7) is 1.88. The average molecular weight is 252 g/mol. The zero-order chi connectivity index (χ0) is 13.1. The second-order valence-corrected chi connectivity index (χ2v) is 5.14. The molecular weight excluding hydrogens is 232 g/mol. The summed E-state index contributed by atoms with van der Waals surface area (Å²) in [6, 6.07) is 19.9. The van der Waals surface area contributed by atoms with Crippen LogP contribution < -0.4 is 10.6 Å². The first-order chi connectivity index (χ1) is 9.38. The molecule has 2 aromatic rings. The van der Waals surface area contributed by atoms with Gasteiger partial charge in [-0.2, -0.15) is 0 Å². The van der Waals surface area contributed by atoms with Gasteiger partial charge in [-0.25, -0.2) is 0 Å². The van der Waals surface area contributed by atoms with Crippen molar-refractivity contribution in [1.29, 1.82) is 0 Å². The third-order valence-corrected chi connectivity index (χ3v) is 3.96. The van der Waals surface area contributed by atoms with Gasteiger partial charge in [0.1, 0.15) is 0 Å². The van der Waals surface area contributed by atoms with Crippen LogP contribution >= 0.6 is 0 Å². The van der Waals surface area contributed by atoms with Crippen molar-refractivity contribution in [3.8, 4) is 11.1 Å². The van der Waals surface area contributed by atoms with Crippen LogP contribution in [0, 0.1) is 0 Å². The molecule has 1 unspecified atom stereocenters. The van der Waals surface area contributed by atoms with Crippen molar-refractivity contribution in [3.05, 3.63) is 54.6 Å². The molecule has 0 bridgehead atoms. The quantitative estimate of drug-likeness (QED) is 0.908. The molecule has 1 fully saturated rings. The molecule has 1 heterocycles. The highest BCUT2D eigenvalue weighted by atomic mass is 15.2. The summed E-state index contributed by atoms with van der Waals surface area (Å²) in [7, 11) is 0. The van der Waals surface area contributed by atoms with Crippen LogP contribution in [-0.4, -0.2) is 19.1 Å². The van der Waals surface area contributed by atoms with E-state index in [2.05, 4.69) is 53.4 Å². The molecule has 0 saturated carbocycles. The van der Waals surface area contributed by atoms with Gasteiger partial charge in [-0.1, -0.05) is 42.5 Å². The average Bonchev–Trinajstić information content (AvgIpc) is 2.97. The van der Waals surface area contributed by atoms with Crippen LogP contribution in [0.4, 0.5) is 5.69 Å². The lowest BCUT2D eigenvalue weighted by atomic mass is 10.1. The third-order valence-electron chi connectivity index (χ3n) is 3.96. The van der Waals surface area contributed by atoms with E-state index in [-0.39, 0.29) is 0 Å². The molecule has 0 radical (unpaired) electrons. The second kappa shape index (κ2) is 5.45. The van der Waals surface area contributed by atoms with E-state index in [4.69, 9.17) is 5.73 Å². The Bertz CT molecular complexity index is 519. The van der Waals surface area contributed by atoms with E-state index in [0.29, 0.717) is 6.04 Å². The van der Waals surface area contributed by atoms with Crippen LogP contribution in [0.25, 0.3) is 11.1 Å². The van der Waals surface area contributed by atoms with Gasteiger partial charge in [0.05, 0.1) is 0 Å². The number of hydrogen-bond donors (Lipinski definition) is 1. The lowest BCUT2D eigenvalue weighted by Crippen LogP contribution is -2.35. The van der Waals surface area contributed by atoms with Gasteiger partial charge in [-0.3, -0.25) is 0 Å². The number of rotatable bonds is 3. The van der Waals surface area contributed by atoms with E-state index in [0.717, 1.165) is 13.1 Å². The van der Waals surface area contributed by atoms with Crippen molar-refractivity contribution >= 4 is 5.69 Å². The maximum atomic E-state index is 5.84. The Hall–Kier alpha value is -1.80. The smallest absolute Gasteiger partial charge is 0.0412 e. The lowest BCUT2D eigenvalue weighted by molar-refractivity contribution is 0.677. The molecule has 0 amide bonds. The Kier molecular flexibility index (Phi) is 3.51. The van der Waals surface area contributed by atoms with Gasteiger partial charge in [0, 0.05) is 24.8 Å². The summed E-state index contributed by atoms with van der Waals surface area (Å²) in [5.41, 5.74) is 9.68. The molecule has 0 aromatic heterocycles. The summed E-state index contributed by atoms with van der Waals surface area (Å²) in [4.78, 5) is 2.44. The molecule has 98 valence electrons. The fraction of sp³-hybridized carbons (Fsp3) is 0.294. The molecule has 2 aromatic carbocycles. The molecular formula is C17H20N2. The van der Waals surface area contributed by atoms with Gasteiger partial charge in [0.15, 0.2) is 0 Å². The fourth-order valence-corrected chi connectivity index (χ4v) is 2.90. The Morgan fingerprint density at radius 3 is 2.32 bits per heavy atom. The molecule has 3 rings (SSSR count). The minimum absolute atomic E-state index is 0.516. The molecule has 1 saturated heterocycles. The second-order valence-electron chi connectivity index (χ2n) is 5.14. The molecule has 1 aliphatic rings. The predicted molar refractivity (Wildman–Crippen MR) is 81.3 cm³/mol. The van der Waals surface area contributed by atoms with Crippen LogP contribution in [0.1, 0.15) is 12.8 Å². The highest BCUT2D eigenvalue weighted by Gasteiger charge is 2.22. The van der Waals surface area contributed by atoms with E-state index in [1.54, 1.807) is 0 Å². The molecule has 2 nitrogen and oxygen atoms in total. The minimum atomic E-state index is 0.516. The van der Waals surface area contributed by atoms with Crippen LogP contribution in [0.15, 0.2) is 54.6 Å². The van der Waals surface area contributed by atoms with Crippen LogP contribution in [-0.2, 0) is 0 Å². The van der Waals surface area contributed by atoms with E-state index in [1.165, 1.54) is 29.7 Å². The molecule has 0 aliphatic carbocycles. The monoisotopic (exact) mass is 252 g/mol. The van der Waals surface area contributed by atoms with Gasteiger partial charge in [-0.15, -0.1) is 0 Å². The van der Waals surface area contributed by atoms with Crippen molar-refractivity contribution < 1.29 is 0 Å². The Morgan fingerprint density at radius 2 is 1.63 bits per heavy atom. The third kappa shape index (κ3) is 2.49. The van der Waals surface area contributed by atoms with Gasteiger partial charge in [-0.05, 0) is 36.1 Å². The van der Waals surface area contributed by atoms with Gasteiger partial charge < -0.3 is 10.6 Å². The zero-order valence-corrected chi connectivity index (χ0v) is 11.1. The highest BCUT2D eigenvalue weighted by molar-refractivity contribution is 5.66.